The lowest BCUT2D eigenvalue weighted by Gasteiger charge is -2.26. The second-order valence-electron chi connectivity index (χ2n) is 8.46. The van der Waals surface area contributed by atoms with Gasteiger partial charge in [0, 0.05) is 58.9 Å². The molecule has 0 unspecified atom stereocenters. The summed E-state index contributed by atoms with van der Waals surface area (Å²) in [5.74, 6) is 4.24. The number of amides is 1. The van der Waals surface area contributed by atoms with Crippen molar-refractivity contribution in [3.63, 3.8) is 0 Å². The van der Waals surface area contributed by atoms with Gasteiger partial charge in [0.15, 0.2) is 0 Å². The van der Waals surface area contributed by atoms with E-state index >= 15 is 0 Å². The van der Waals surface area contributed by atoms with Gasteiger partial charge in [-0.2, -0.15) is 11.8 Å². The minimum atomic E-state index is -0.146. The number of nitrogens with zero attached hydrogens (tertiary/aromatic N) is 2. The number of halogens is 1. The maximum absolute atomic E-state index is 12.9. The molecule has 2 aromatic carbocycles. The summed E-state index contributed by atoms with van der Waals surface area (Å²) in [4.78, 5) is 19.9. The molecule has 1 saturated carbocycles. The number of aromatic nitrogens is 1. The summed E-state index contributed by atoms with van der Waals surface area (Å²) in [5.41, 5.74) is 4.32. The topological polar surface area (TPSA) is 58.4 Å². The highest BCUT2D eigenvalue weighted by Crippen LogP contribution is 2.42. The molecule has 1 aromatic heterocycles. The van der Waals surface area contributed by atoms with Crippen LogP contribution in [0.15, 0.2) is 46.9 Å². The summed E-state index contributed by atoms with van der Waals surface area (Å²) in [7, 11) is 0. The molecule has 7 heteroatoms. The molecule has 2 heterocycles. The molecule has 0 spiro atoms. The van der Waals surface area contributed by atoms with Crippen LogP contribution < -0.4 is 5.32 Å². The maximum Gasteiger partial charge on any atom is 0.255 e. The standard InChI is InChI=1S/C25H26ClN3O2S/c1-16-23(17-2-3-17)28-25(31-16)18-4-7-21(8-5-18)27-24(30)19-6-9-22(26)20(14-19)15-29-10-12-32-13-11-29/h4-9,14,17H,2-3,10-13,15H2,1H3,(H,27,30). The average molecular weight is 468 g/mol. The van der Waals surface area contributed by atoms with Crippen LogP contribution in [0.5, 0.6) is 0 Å². The van der Waals surface area contributed by atoms with Crippen LogP contribution in [0.1, 0.15) is 46.1 Å². The Balaban J connectivity index is 1.26. The van der Waals surface area contributed by atoms with Gasteiger partial charge in [0.2, 0.25) is 5.89 Å². The van der Waals surface area contributed by atoms with Crippen molar-refractivity contribution in [2.75, 3.05) is 29.9 Å². The summed E-state index contributed by atoms with van der Waals surface area (Å²) < 4.78 is 5.86. The number of hydrogen-bond acceptors (Lipinski definition) is 5. The highest BCUT2D eigenvalue weighted by atomic mass is 35.5. The summed E-state index contributed by atoms with van der Waals surface area (Å²) in [6.07, 6.45) is 2.39. The van der Waals surface area contributed by atoms with E-state index in [2.05, 4.69) is 15.2 Å². The number of benzene rings is 2. The first-order valence-electron chi connectivity index (χ1n) is 11.0. The SMILES string of the molecule is Cc1oc(-c2ccc(NC(=O)c3ccc(Cl)c(CN4CCSCC4)c3)cc2)nc1C1CC1. The summed E-state index contributed by atoms with van der Waals surface area (Å²) >= 11 is 8.39. The lowest BCUT2D eigenvalue weighted by Crippen LogP contribution is -2.32. The van der Waals surface area contributed by atoms with Gasteiger partial charge in [-0.25, -0.2) is 4.98 Å². The molecule has 5 nitrogen and oxygen atoms in total. The van der Waals surface area contributed by atoms with Gasteiger partial charge in [-0.1, -0.05) is 11.6 Å². The number of aryl methyl sites for hydroxylation is 1. The molecule has 5 rings (SSSR count). The maximum atomic E-state index is 12.9. The third kappa shape index (κ3) is 4.87. The monoisotopic (exact) mass is 467 g/mol. The molecule has 3 aromatic rings. The number of hydrogen-bond donors (Lipinski definition) is 1. The number of anilines is 1. The Kier molecular flexibility index (Phi) is 6.26. The van der Waals surface area contributed by atoms with Gasteiger partial charge in [0.25, 0.3) is 5.91 Å². The summed E-state index contributed by atoms with van der Waals surface area (Å²) in [6, 6.07) is 13.1. The van der Waals surface area contributed by atoms with E-state index in [4.69, 9.17) is 16.0 Å². The molecule has 1 saturated heterocycles. The van der Waals surface area contributed by atoms with E-state index in [1.165, 1.54) is 12.8 Å². The average Bonchev–Trinajstić information content (AvgIpc) is 3.58. The molecule has 1 aliphatic carbocycles. The van der Waals surface area contributed by atoms with Gasteiger partial charge in [-0.15, -0.1) is 0 Å². The normalized spacial score (nSPS) is 16.8. The first-order valence-corrected chi connectivity index (χ1v) is 12.6. The van der Waals surface area contributed by atoms with Crippen molar-refractivity contribution >= 4 is 35.0 Å². The minimum Gasteiger partial charge on any atom is -0.441 e. The zero-order valence-corrected chi connectivity index (χ0v) is 19.6. The number of thioether (sulfide) groups is 1. The van der Waals surface area contributed by atoms with Crippen molar-refractivity contribution in [3.05, 3.63) is 70.1 Å². The summed E-state index contributed by atoms with van der Waals surface area (Å²) in [5, 5.41) is 3.69. The summed E-state index contributed by atoms with van der Waals surface area (Å²) in [6.45, 7) is 4.85. The number of oxazole rings is 1. The fourth-order valence-corrected chi connectivity index (χ4v) is 5.16. The van der Waals surface area contributed by atoms with E-state index < -0.39 is 0 Å². The number of nitrogens with one attached hydrogen (secondary N) is 1. The number of rotatable bonds is 6. The van der Waals surface area contributed by atoms with Gasteiger partial charge < -0.3 is 9.73 Å². The molecule has 2 fully saturated rings. The Labute approximate surface area is 197 Å². The molecular weight excluding hydrogens is 442 g/mol. The molecule has 0 radical (unpaired) electrons. The quantitative estimate of drug-likeness (QED) is 0.483. The number of carbonyl (C=O) groups is 1. The van der Waals surface area contributed by atoms with Crippen LogP contribution in [-0.2, 0) is 6.54 Å². The first-order chi connectivity index (χ1) is 15.6. The van der Waals surface area contributed by atoms with Gasteiger partial charge >= 0.3 is 0 Å². The van der Waals surface area contributed by atoms with Crippen LogP contribution in [0.25, 0.3) is 11.5 Å². The lowest BCUT2D eigenvalue weighted by atomic mass is 10.1. The predicted octanol–water partition coefficient (Wildman–Crippen LogP) is 5.98. The fraction of sp³-hybridized carbons (Fsp3) is 0.360. The minimum absolute atomic E-state index is 0.146. The highest BCUT2D eigenvalue weighted by Gasteiger charge is 2.29. The van der Waals surface area contributed by atoms with Gasteiger partial charge in [-0.3, -0.25) is 9.69 Å². The Hall–Kier alpha value is -2.28. The first kappa shape index (κ1) is 21.6. The van der Waals surface area contributed by atoms with Crippen molar-refractivity contribution in [1.82, 2.24) is 9.88 Å². The fourth-order valence-electron chi connectivity index (χ4n) is 4.00. The molecule has 1 N–H and O–H groups in total. The van der Waals surface area contributed by atoms with E-state index in [1.54, 1.807) is 6.07 Å². The van der Waals surface area contributed by atoms with E-state index in [0.29, 0.717) is 22.4 Å². The highest BCUT2D eigenvalue weighted by molar-refractivity contribution is 7.99. The van der Waals surface area contributed by atoms with Crippen LogP contribution in [0.3, 0.4) is 0 Å². The van der Waals surface area contributed by atoms with E-state index in [1.807, 2.05) is 55.1 Å². The molecule has 0 atom stereocenters. The zero-order chi connectivity index (χ0) is 22.1. The van der Waals surface area contributed by atoms with Crippen LogP contribution in [0.4, 0.5) is 5.69 Å². The Morgan fingerprint density at radius 1 is 1.19 bits per heavy atom. The third-order valence-electron chi connectivity index (χ3n) is 5.99. The van der Waals surface area contributed by atoms with E-state index in [9.17, 15) is 4.79 Å². The van der Waals surface area contributed by atoms with Gasteiger partial charge in [-0.05, 0) is 67.8 Å². The second-order valence-corrected chi connectivity index (χ2v) is 10.1. The van der Waals surface area contributed by atoms with Gasteiger partial charge in [0.05, 0.1) is 5.69 Å². The molecule has 0 bridgehead atoms. The smallest absolute Gasteiger partial charge is 0.255 e. The largest absolute Gasteiger partial charge is 0.441 e. The van der Waals surface area contributed by atoms with E-state index in [0.717, 1.165) is 59.4 Å². The molecule has 2 aliphatic rings. The van der Waals surface area contributed by atoms with Crippen molar-refractivity contribution in [2.45, 2.75) is 32.2 Å². The zero-order valence-electron chi connectivity index (χ0n) is 18.1. The molecule has 32 heavy (non-hydrogen) atoms. The van der Waals surface area contributed by atoms with Crippen LogP contribution in [0, 0.1) is 6.92 Å². The molecule has 1 amide bonds. The third-order valence-corrected chi connectivity index (χ3v) is 7.30. The van der Waals surface area contributed by atoms with Crippen molar-refractivity contribution in [1.29, 1.82) is 0 Å². The van der Waals surface area contributed by atoms with Crippen molar-refractivity contribution < 1.29 is 9.21 Å². The molecular formula is C25H26ClN3O2S. The van der Waals surface area contributed by atoms with Gasteiger partial charge in [0.1, 0.15) is 5.76 Å². The van der Waals surface area contributed by atoms with Crippen LogP contribution in [-0.4, -0.2) is 40.4 Å². The van der Waals surface area contributed by atoms with Crippen molar-refractivity contribution in [2.24, 2.45) is 0 Å². The molecule has 1 aliphatic heterocycles. The molecule has 166 valence electrons. The lowest BCUT2D eigenvalue weighted by molar-refractivity contribution is 0.102. The Morgan fingerprint density at radius 3 is 2.66 bits per heavy atom. The predicted molar refractivity (Wildman–Crippen MR) is 131 cm³/mol. The van der Waals surface area contributed by atoms with Crippen LogP contribution >= 0.6 is 23.4 Å². The Morgan fingerprint density at radius 2 is 1.94 bits per heavy atom. The number of carbonyl (C=O) groups excluding carboxylic acids is 1. The van der Waals surface area contributed by atoms with Crippen molar-refractivity contribution in [3.8, 4) is 11.5 Å². The Bertz CT molecular complexity index is 1120. The van der Waals surface area contributed by atoms with Crippen LogP contribution in [0.2, 0.25) is 5.02 Å². The second kappa shape index (κ2) is 9.30. The van der Waals surface area contributed by atoms with E-state index in [-0.39, 0.29) is 5.91 Å².